The maximum Gasteiger partial charge on any atom is 0.252 e. The summed E-state index contributed by atoms with van der Waals surface area (Å²) in [7, 11) is 0. The van der Waals surface area contributed by atoms with Crippen molar-refractivity contribution in [1.82, 2.24) is 35.0 Å². The Balaban J connectivity index is 1.67. The second-order valence-electron chi connectivity index (χ2n) is 11.2. The molecule has 9 heteroatoms. The fraction of sp³-hybridized carbons (Fsp3) is 0.630. The number of aromatic amines is 1. The fourth-order valence-corrected chi connectivity index (χ4v) is 5.14. The highest BCUT2D eigenvalue weighted by Crippen LogP contribution is 2.31. The second-order valence-corrected chi connectivity index (χ2v) is 11.2. The monoisotopic (exact) mass is 495 g/mol. The van der Waals surface area contributed by atoms with Crippen molar-refractivity contribution in [3.63, 3.8) is 0 Å². The van der Waals surface area contributed by atoms with Gasteiger partial charge in [-0.2, -0.15) is 0 Å². The van der Waals surface area contributed by atoms with Crippen LogP contribution in [0, 0.1) is 12.8 Å². The maximum absolute atomic E-state index is 13.2. The van der Waals surface area contributed by atoms with Crippen molar-refractivity contribution in [2.45, 2.75) is 66.1 Å². The highest BCUT2D eigenvalue weighted by molar-refractivity contribution is 5.81. The lowest BCUT2D eigenvalue weighted by atomic mass is 9.98. The summed E-state index contributed by atoms with van der Waals surface area (Å²) in [5.41, 5.74) is 2.46. The highest BCUT2D eigenvalue weighted by Gasteiger charge is 2.32. The molecule has 2 aromatic heterocycles. The van der Waals surface area contributed by atoms with Crippen molar-refractivity contribution in [2.75, 3.05) is 39.4 Å². The van der Waals surface area contributed by atoms with Crippen molar-refractivity contribution >= 4 is 10.9 Å². The Labute approximate surface area is 213 Å². The van der Waals surface area contributed by atoms with Gasteiger partial charge in [-0.3, -0.25) is 14.6 Å². The van der Waals surface area contributed by atoms with Crippen LogP contribution in [0.5, 0.6) is 0 Å². The van der Waals surface area contributed by atoms with Crippen LogP contribution in [0.3, 0.4) is 0 Å². The van der Waals surface area contributed by atoms with Crippen molar-refractivity contribution in [3.05, 3.63) is 51.6 Å². The highest BCUT2D eigenvalue weighted by atomic mass is 16.5. The van der Waals surface area contributed by atoms with E-state index in [1.165, 1.54) is 0 Å². The third kappa shape index (κ3) is 6.02. The second kappa shape index (κ2) is 11.2. The summed E-state index contributed by atoms with van der Waals surface area (Å²) in [6.45, 7) is 18.7. The number of tetrazole rings is 1. The summed E-state index contributed by atoms with van der Waals surface area (Å²) in [6, 6.07) is 8.13. The first-order valence-corrected chi connectivity index (χ1v) is 13.1. The van der Waals surface area contributed by atoms with Gasteiger partial charge in [-0.15, -0.1) is 5.10 Å². The van der Waals surface area contributed by atoms with Crippen LogP contribution >= 0.6 is 0 Å². The first-order valence-electron chi connectivity index (χ1n) is 13.1. The Bertz CT molecular complexity index is 1200. The summed E-state index contributed by atoms with van der Waals surface area (Å²) >= 11 is 0. The average Bonchev–Trinajstić information content (AvgIpc) is 3.31. The van der Waals surface area contributed by atoms with Crippen LogP contribution in [-0.4, -0.2) is 74.4 Å². The van der Waals surface area contributed by atoms with Gasteiger partial charge in [-0.1, -0.05) is 32.0 Å². The standard InChI is InChI=1S/C27H41N7O2/c1-19(2)24(25-29-30-31-34(25)27(4,5)6)33(12-8-11-32-13-15-36-16-14-32)18-22-17-21-10-7-9-20(3)23(21)28-26(22)35/h7,9-10,17,19,24H,8,11-16,18H2,1-6H3,(H,28,35)/t24-/m1/s1. The predicted molar refractivity (Wildman–Crippen MR) is 142 cm³/mol. The molecule has 0 spiro atoms. The minimum atomic E-state index is -0.247. The minimum absolute atomic E-state index is 0.0310. The molecule has 4 rings (SSSR count). The first kappa shape index (κ1) is 26.4. The van der Waals surface area contributed by atoms with Gasteiger partial charge >= 0.3 is 0 Å². The number of fused-ring (bicyclic) bond motifs is 1. The van der Waals surface area contributed by atoms with E-state index >= 15 is 0 Å². The number of aromatic nitrogens is 5. The molecule has 36 heavy (non-hydrogen) atoms. The van der Waals surface area contributed by atoms with E-state index in [9.17, 15) is 4.79 Å². The molecule has 0 bridgehead atoms. The number of nitrogens with one attached hydrogen (secondary N) is 1. The van der Waals surface area contributed by atoms with Crippen LogP contribution < -0.4 is 5.56 Å². The quantitative estimate of drug-likeness (QED) is 0.486. The lowest BCUT2D eigenvalue weighted by Gasteiger charge is -2.36. The van der Waals surface area contributed by atoms with Gasteiger partial charge in [0.1, 0.15) is 0 Å². The topological polar surface area (TPSA) is 92.2 Å². The normalized spacial score (nSPS) is 16.3. The van der Waals surface area contributed by atoms with Crippen LogP contribution in [0.1, 0.15) is 64.0 Å². The molecule has 0 saturated carbocycles. The van der Waals surface area contributed by atoms with Gasteiger partial charge in [0, 0.05) is 31.7 Å². The van der Waals surface area contributed by atoms with Crippen molar-refractivity contribution in [1.29, 1.82) is 0 Å². The molecule has 0 unspecified atom stereocenters. The number of pyridine rings is 1. The van der Waals surface area contributed by atoms with Crippen molar-refractivity contribution in [2.24, 2.45) is 5.92 Å². The molecular weight excluding hydrogens is 454 g/mol. The van der Waals surface area contributed by atoms with E-state index in [-0.39, 0.29) is 23.1 Å². The average molecular weight is 496 g/mol. The summed E-state index contributed by atoms with van der Waals surface area (Å²) in [5.74, 6) is 1.10. The van der Waals surface area contributed by atoms with Crippen molar-refractivity contribution < 1.29 is 4.74 Å². The number of hydrogen-bond donors (Lipinski definition) is 1. The van der Waals surface area contributed by atoms with E-state index in [1.807, 2.05) is 29.8 Å². The van der Waals surface area contributed by atoms with Crippen LogP contribution in [0.15, 0.2) is 29.1 Å². The number of H-pyrrole nitrogens is 1. The molecule has 0 aliphatic carbocycles. The molecule has 1 atom stereocenters. The number of para-hydroxylation sites is 1. The summed E-state index contributed by atoms with van der Waals surface area (Å²) < 4.78 is 7.44. The number of nitrogens with zero attached hydrogens (tertiary/aromatic N) is 6. The van der Waals surface area contributed by atoms with Gasteiger partial charge in [0.25, 0.3) is 5.56 Å². The molecule has 1 fully saturated rings. The zero-order chi connectivity index (χ0) is 25.9. The lowest BCUT2D eigenvalue weighted by Crippen LogP contribution is -2.41. The maximum atomic E-state index is 13.2. The van der Waals surface area contributed by atoms with E-state index < -0.39 is 0 Å². The number of aryl methyl sites for hydroxylation is 1. The van der Waals surface area contributed by atoms with E-state index in [0.29, 0.717) is 6.54 Å². The number of rotatable bonds is 9. The Kier molecular flexibility index (Phi) is 8.22. The van der Waals surface area contributed by atoms with Gasteiger partial charge in [-0.25, -0.2) is 4.68 Å². The van der Waals surface area contributed by atoms with E-state index in [0.717, 1.165) is 73.7 Å². The molecule has 0 amide bonds. The molecule has 1 aliphatic rings. The lowest BCUT2D eigenvalue weighted by molar-refractivity contribution is 0.0340. The summed E-state index contributed by atoms with van der Waals surface area (Å²) in [5, 5.41) is 13.9. The number of ether oxygens (including phenoxy) is 1. The molecule has 1 aromatic carbocycles. The van der Waals surface area contributed by atoms with Gasteiger partial charge in [0.05, 0.1) is 30.3 Å². The van der Waals surface area contributed by atoms with Gasteiger partial charge < -0.3 is 9.72 Å². The molecule has 3 aromatic rings. The largest absolute Gasteiger partial charge is 0.379 e. The Morgan fingerprint density at radius 3 is 2.64 bits per heavy atom. The molecule has 196 valence electrons. The Morgan fingerprint density at radius 1 is 1.19 bits per heavy atom. The molecule has 9 nitrogen and oxygen atoms in total. The predicted octanol–water partition coefficient (Wildman–Crippen LogP) is 3.50. The first-order chi connectivity index (χ1) is 17.1. The number of morpholine rings is 1. The van der Waals surface area contributed by atoms with E-state index in [1.54, 1.807) is 0 Å². The van der Waals surface area contributed by atoms with Gasteiger partial charge in [-0.05, 0) is 74.0 Å². The van der Waals surface area contributed by atoms with Crippen LogP contribution in [-0.2, 0) is 16.8 Å². The van der Waals surface area contributed by atoms with Crippen LogP contribution in [0.25, 0.3) is 10.9 Å². The third-order valence-electron chi connectivity index (χ3n) is 6.98. The molecule has 1 aliphatic heterocycles. The number of hydrogen-bond acceptors (Lipinski definition) is 7. The van der Waals surface area contributed by atoms with Gasteiger partial charge in [0.2, 0.25) is 0 Å². The molecule has 1 saturated heterocycles. The van der Waals surface area contributed by atoms with E-state index in [2.05, 4.69) is 71.0 Å². The smallest absolute Gasteiger partial charge is 0.252 e. The third-order valence-corrected chi connectivity index (χ3v) is 6.98. The molecule has 3 heterocycles. The fourth-order valence-electron chi connectivity index (χ4n) is 5.14. The van der Waals surface area contributed by atoms with Gasteiger partial charge in [0.15, 0.2) is 5.82 Å². The summed E-state index contributed by atoms with van der Waals surface area (Å²) in [4.78, 5) is 21.2. The molecule has 0 radical (unpaired) electrons. The zero-order valence-electron chi connectivity index (χ0n) is 22.6. The van der Waals surface area contributed by atoms with E-state index in [4.69, 9.17) is 4.74 Å². The van der Waals surface area contributed by atoms with Crippen LogP contribution in [0.2, 0.25) is 0 Å². The summed E-state index contributed by atoms with van der Waals surface area (Å²) in [6.07, 6.45) is 0.991. The minimum Gasteiger partial charge on any atom is -0.379 e. The van der Waals surface area contributed by atoms with Crippen molar-refractivity contribution in [3.8, 4) is 0 Å². The molecular formula is C27H41N7O2. The number of benzene rings is 1. The zero-order valence-corrected chi connectivity index (χ0v) is 22.6. The van der Waals surface area contributed by atoms with Crippen LogP contribution in [0.4, 0.5) is 0 Å². The SMILES string of the molecule is Cc1cccc2cc(CN(CCCN3CCOCC3)[C@@H](c3nnnn3C(C)(C)C)C(C)C)c(=O)[nH]c12. The Morgan fingerprint density at radius 2 is 1.94 bits per heavy atom. The Hall–Kier alpha value is -2.62. The molecule has 1 N–H and O–H groups in total.